The smallest absolute Gasteiger partial charge is 0.406 e. The number of hydrogen-bond acceptors (Lipinski definition) is 3. The maximum Gasteiger partial charge on any atom is 0.573 e. The Morgan fingerprint density at radius 3 is 2.11 bits per heavy atom. The second-order valence-electron chi connectivity index (χ2n) is 8.25. The standard InChI is InChI=1S/C26H23F6NO2/c1-2-14-33-23(18-7-4-9-20(16-18)35-26(30,31)32)13-12-22-21(10-5-11-24(22)33)17-6-3-8-19(15-17)34-25(27,28)29/h3-11,15-16,23H,2,12-14H2,1H3/t23-/m0/s1. The summed E-state index contributed by atoms with van der Waals surface area (Å²) in [4.78, 5) is 2.14. The van der Waals surface area contributed by atoms with Crippen LogP contribution in [0, 0.1) is 0 Å². The quantitative estimate of drug-likeness (QED) is 0.323. The van der Waals surface area contributed by atoms with Gasteiger partial charge in [0.25, 0.3) is 0 Å². The van der Waals surface area contributed by atoms with Crippen LogP contribution in [0.5, 0.6) is 11.5 Å². The normalized spacial score (nSPS) is 16.1. The molecular weight excluding hydrogens is 472 g/mol. The molecule has 0 N–H and O–H groups in total. The molecule has 1 heterocycles. The lowest BCUT2D eigenvalue weighted by Gasteiger charge is -2.40. The molecule has 3 aromatic carbocycles. The highest BCUT2D eigenvalue weighted by atomic mass is 19.4. The van der Waals surface area contributed by atoms with Crippen LogP contribution >= 0.6 is 0 Å². The molecule has 4 rings (SSSR count). The lowest BCUT2D eigenvalue weighted by atomic mass is 9.86. The molecule has 1 atom stereocenters. The van der Waals surface area contributed by atoms with Crippen molar-refractivity contribution in [3.05, 3.63) is 77.9 Å². The van der Waals surface area contributed by atoms with Crippen LogP contribution in [0.25, 0.3) is 11.1 Å². The fourth-order valence-corrected chi connectivity index (χ4v) is 4.63. The van der Waals surface area contributed by atoms with Gasteiger partial charge in [-0.3, -0.25) is 0 Å². The summed E-state index contributed by atoms with van der Waals surface area (Å²) in [5.74, 6) is -0.569. The summed E-state index contributed by atoms with van der Waals surface area (Å²) in [5, 5.41) is 0. The molecule has 3 aromatic rings. The molecule has 0 saturated carbocycles. The van der Waals surface area contributed by atoms with Crippen LogP contribution in [0.4, 0.5) is 32.0 Å². The highest BCUT2D eigenvalue weighted by Gasteiger charge is 2.33. The van der Waals surface area contributed by atoms with Gasteiger partial charge in [-0.25, -0.2) is 0 Å². The van der Waals surface area contributed by atoms with Crippen LogP contribution in [0.3, 0.4) is 0 Å². The molecule has 0 fully saturated rings. The van der Waals surface area contributed by atoms with E-state index in [0.717, 1.165) is 23.2 Å². The van der Waals surface area contributed by atoms with E-state index >= 15 is 0 Å². The van der Waals surface area contributed by atoms with E-state index in [9.17, 15) is 26.3 Å². The number of nitrogens with zero attached hydrogens (tertiary/aromatic N) is 1. The van der Waals surface area contributed by atoms with Crippen molar-refractivity contribution in [1.29, 1.82) is 0 Å². The maximum atomic E-state index is 12.7. The van der Waals surface area contributed by atoms with Gasteiger partial charge in [0, 0.05) is 12.2 Å². The Balaban J connectivity index is 1.70. The van der Waals surface area contributed by atoms with Crippen molar-refractivity contribution in [2.75, 3.05) is 11.4 Å². The number of rotatable bonds is 6. The molecule has 0 unspecified atom stereocenters. The summed E-state index contributed by atoms with van der Waals surface area (Å²) in [6.07, 6.45) is -7.54. The van der Waals surface area contributed by atoms with E-state index in [1.807, 2.05) is 25.1 Å². The zero-order valence-corrected chi connectivity index (χ0v) is 18.8. The monoisotopic (exact) mass is 495 g/mol. The molecule has 0 spiro atoms. The molecule has 0 radical (unpaired) electrons. The SMILES string of the molecule is CCCN1c2cccc(-c3cccc(OC(F)(F)F)c3)c2CC[C@H]1c1cccc(OC(F)(F)F)c1. The van der Waals surface area contributed by atoms with Crippen LogP contribution in [0.2, 0.25) is 0 Å². The first-order chi connectivity index (χ1) is 16.5. The molecule has 186 valence electrons. The van der Waals surface area contributed by atoms with Gasteiger partial charge < -0.3 is 14.4 Å². The van der Waals surface area contributed by atoms with Crippen molar-refractivity contribution in [2.45, 2.75) is 45.0 Å². The number of halogens is 6. The average molecular weight is 495 g/mol. The predicted molar refractivity (Wildman–Crippen MR) is 120 cm³/mol. The van der Waals surface area contributed by atoms with E-state index < -0.39 is 12.7 Å². The largest absolute Gasteiger partial charge is 0.573 e. The van der Waals surface area contributed by atoms with Crippen molar-refractivity contribution in [2.24, 2.45) is 0 Å². The van der Waals surface area contributed by atoms with Crippen molar-refractivity contribution < 1.29 is 35.8 Å². The van der Waals surface area contributed by atoms with Crippen LogP contribution in [-0.4, -0.2) is 19.3 Å². The summed E-state index contributed by atoms with van der Waals surface area (Å²) in [7, 11) is 0. The Morgan fingerprint density at radius 2 is 1.46 bits per heavy atom. The van der Waals surface area contributed by atoms with Gasteiger partial charge in [-0.1, -0.05) is 43.3 Å². The molecule has 0 aromatic heterocycles. The zero-order chi connectivity index (χ0) is 25.2. The number of benzene rings is 3. The minimum absolute atomic E-state index is 0.172. The molecule has 1 aliphatic heterocycles. The van der Waals surface area contributed by atoms with E-state index in [1.165, 1.54) is 30.3 Å². The zero-order valence-electron chi connectivity index (χ0n) is 18.8. The van der Waals surface area contributed by atoms with E-state index in [2.05, 4.69) is 14.4 Å². The Morgan fingerprint density at radius 1 is 0.829 bits per heavy atom. The Labute approximate surface area is 198 Å². The van der Waals surface area contributed by atoms with Crippen molar-refractivity contribution in [3.63, 3.8) is 0 Å². The third kappa shape index (κ3) is 6.01. The molecule has 0 bridgehead atoms. The average Bonchev–Trinajstić information content (AvgIpc) is 2.77. The van der Waals surface area contributed by atoms with E-state index in [4.69, 9.17) is 0 Å². The first-order valence-electron chi connectivity index (χ1n) is 11.1. The van der Waals surface area contributed by atoms with Crippen LogP contribution in [0.1, 0.15) is 36.9 Å². The number of alkyl halides is 6. The highest BCUT2D eigenvalue weighted by Crippen LogP contribution is 2.44. The fraction of sp³-hybridized carbons (Fsp3) is 0.308. The van der Waals surface area contributed by atoms with Crippen LogP contribution in [0.15, 0.2) is 66.7 Å². The first kappa shape index (κ1) is 24.8. The van der Waals surface area contributed by atoms with E-state index in [0.29, 0.717) is 30.5 Å². The van der Waals surface area contributed by atoms with Gasteiger partial charge in [-0.05, 0) is 71.8 Å². The molecule has 0 aliphatic carbocycles. The summed E-state index contributed by atoms with van der Waals surface area (Å²) < 4.78 is 84.5. The van der Waals surface area contributed by atoms with Gasteiger partial charge in [0.1, 0.15) is 11.5 Å². The van der Waals surface area contributed by atoms with E-state index in [1.54, 1.807) is 18.2 Å². The molecule has 3 nitrogen and oxygen atoms in total. The molecule has 9 heteroatoms. The lowest BCUT2D eigenvalue weighted by molar-refractivity contribution is -0.275. The molecule has 0 saturated heterocycles. The van der Waals surface area contributed by atoms with E-state index in [-0.39, 0.29) is 17.5 Å². The van der Waals surface area contributed by atoms with Gasteiger partial charge in [0.05, 0.1) is 6.04 Å². The molecule has 1 aliphatic rings. The Hall–Kier alpha value is -3.36. The van der Waals surface area contributed by atoms with Gasteiger partial charge in [-0.15, -0.1) is 26.3 Å². The third-order valence-electron chi connectivity index (χ3n) is 5.82. The first-order valence-corrected chi connectivity index (χ1v) is 11.1. The molecular formula is C26H23F6NO2. The molecule has 35 heavy (non-hydrogen) atoms. The fourth-order valence-electron chi connectivity index (χ4n) is 4.63. The van der Waals surface area contributed by atoms with Gasteiger partial charge in [0.2, 0.25) is 0 Å². The lowest BCUT2D eigenvalue weighted by Crippen LogP contribution is -2.34. The second kappa shape index (κ2) is 9.71. The number of hydrogen-bond donors (Lipinski definition) is 0. The number of anilines is 1. The summed E-state index contributed by atoms with van der Waals surface area (Å²) in [6, 6.07) is 17.3. The van der Waals surface area contributed by atoms with Crippen LogP contribution in [-0.2, 0) is 6.42 Å². The number of ether oxygens (including phenoxy) is 2. The number of fused-ring (bicyclic) bond motifs is 1. The second-order valence-corrected chi connectivity index (χ2v) is 8.25. The van der Waals surface area contributed by atoms with Gasteiger partial charge in [-0.2, -0.15) is 0 Å². The maximum absolute atomic E-state index is 12.7. The van der Waals surface area contributed by atoms with Crippen LogP contribution < -0.4 is 14.4 Å². The van der Waals surface area contributed by atoms with Crippen molar-refractivity contribution >= 4 is 5.69 Å². The van der Waals surface area contributed by atoms with Crippen molar-refractivity contribution in [1.82, 2.24) is 0 Å². The van der Waals surface area contributed by atoms with Gasteiger partial charge >= 0.3 is 12.7 Å². The summed E-state index contributed by atoms with van der Waals surface area (Å²) in [6.45, 7) is 2.67. The predicted octanol–water partition coefficient (Wildman–Crippen LogP) is 8.05. The minimum atomic E-state index is -4.79. The van der Waals surface area contributed by atoms with Crippen molar-refractivity contribution in [3.8, 4) is 22.6 Å². The molecule has 0 amide bonds. The Kier molecular flexibility index (Phi) is 6.87. The highest BCUT2D eigenvalue weighted by molar-refractivity contribution is 5.76. The minimum Gasteiger partial charge on any atom is -0.406 e. The topological polar surface area (TPSA) is 21.7 Å². The summed E-state index contributed by atoms with van der Waals surface area (Å²) >= 11 is 0. The van der Waals surface area contributed by atoms with Gasteiger partial charge in [0.15, 0.2) is 0 Å². The Bertz CT molecular complexity index is 1170. The third-order valence-corrected chi connectivity index (χ3v) is 5.82. The summed E-state index contributed by atoms with van der Waals surface area (Å²) in [5.41, 5.74) is 3.98.